The fourth-order valence-corrected chi connectivity index (χ4v) is 4.94. The van der Waals surface area contributed by atoms with Gasteiger partial charge in [-0.05, 0) is 64.5 Å². The zero-order valence-electron chi connectivity index (χ0n) is 20.9. The SMILES string of the molecule is COC(=O)c1ccc(C(Cc2ccc3c(c2)C(C)(C)CCC3(C)C)C(OC)C(=O)OC)cc1. The summed E-state index contributed by atoms with van der Waals surface area (Å²) in [5.74, 6) is -1.08. The van der Waals surface area contributed by atoms with Crippen LogP contribution < -0.4 is 0 Å². The minimum absolute atomic E-state index is 0.0987. The Balaban J connectivity index is 2.02. The number of carbonyl (C=O) groups is 2. The van der Waals surface area contributed by atoms with Crippen LogP contribution in [0.3, 0.4) is 0 Å². The molecule has 178 valence electrons. The van der Waals surface area contributed by atoms with Crippen molar-refractivity contribution in [3.05, 3.63) is 70.3 Å². The first-order valence-electron chi connectivity index (χ1n) is 11.5. The number of hydrogen-bond donors (Lipinski definition) is 0. The Morgan fingerprint density at radius 3 is 2.00 bits per heavy atom. The molecule has 0 heterocycles. The average molecular weight is 453 g/mol. The molecule has 0 saturated carbocycles. The summed E-state index contributed by atoms with van der Waals surface area (Å²) >= 11 is 0. The molecule has 0 amide bonds. The Morgan fingerprint density at radius 2 is 1.45 bits per heavy atom. The molecule has 0 spiro atoms. The van der Waals surface area contributed by atoms with Crippen molar-refractivity contribution in [3.8, 4) is 0 Å². The molecule has 33 heavy (non-hydrogen) atoms. The molecule has 2 aromatic rings. The highest BCUT2D eigenvalue weighted by Crippen LogP contribution is 2.46. The third-order valence-electron chi connectivity index (χ3n) is 7.19. The fourth-order valence-electron chi connectivity index (χ4n) is 4.94. The Hall–Kier alpha value is -2.66. The normalized spacial score (nSPS) is 18.0. The van der Waals surface area contributed by atoms with Crippen LogP contribution in [0.15, 0.2) is 42.5 Å². The lowest BCUT2D eigenvalue weighted by atomic mass is 9.63. The van der Waals surface area contributed by atoms with E-state index in [4.69, 9.17) is 14.2 Å². The van der Waals surface area contributed by atoms with Gasteiger partial charge in [0.05, 0.1) is 19.8 Å². The fraction of sp³-hybridized carbons (Fsp3) is 0.500. The standard InChI is InChI=1S/C28H36O5/c1-27(2)14-15-28(3,4)23-17-18(8-13-22(23)27)16-21(24(31-5)26(30)33-7)19-9-11-20(12-10-19)25(29)32-6/h8-13,17,21,24H,14-16H2,1-7H3. The van der Waals surface area contributed by atoms with Crippen molar-refractivity contribution in [2.45, 2.75) is 69.8 Å². The van der Waals surface area contributed by atoms with Crippen LogP contribution in [0.1, 0.15) is 79.1 Å². The van der Waals surface area contributed by atoms with Crippen LogP contribution >= 0.6 is 0 Å². The minimum atomic E-state index is -0.764. The van der Waals surface area contributed by atoms with Gasteiger partial charge in [0.25, 0.3) is 0 Å². The van der Waals surface area contributed by atoms with E-state index in [0.717, 1.165) is 24.0 Å². The van der Waals surface area contributed by atoms with Gasteiger partial charge in [0.1, 0.15) is 0 Å². The van der Waals surface area contributed by atoms with Gasteiger partial charge in [-0.15, -0.1) is 0 Å². The molecule has 0 aliphatic heterocycles. The van der Waals surface area contributed by atoms with Gasteiger partial charge < -0.3 is 14.2 Å². The highest BCUT2D eigenvalue weighted by Gasteiger charge is 2.37. The van der Waals surface area contributed by atoms with Gasteiger partial charge in [-0.1, -0.05) is 58.0 Å². The van der Waals surface area contributed by atoms with Gasteiger partial charge in [-0.2, -0.15) is 0 Å². The van der Waals surface area contributed by atoms with Crippen LogP contribution in [0.25, 0.3) is 0 Å². The number of hydrogen-bond acceptors (Lipinski definition) is 5. The number of ether oxygens (including phenoxy) is 3. The maximum atomic E-state index is 12.6. The Kier molecular flexibility index (Phi) is 7.32. The Labute approximate surface area is 197 Å². The summed E-state index contributed by atoms with van der Waals surface area (Å²) < 4.78 is 15.5. The van der Waals surface area contributed by atoms with Gasteiger partial charge in [0, 0.05) is 13.0 Å². The molecule has 0 bridgehead atoms. The quantitative estimate of drug-likeness (QED) is 0.531. The molecule has 1 aliphatic rings. The third kappa shape index (κ3) is 5.14. The first kappa shape index (κ1) is 25.0. The third-order valence-corrected chi connectivity index (χ3v) is 7.19. The van der Waals surface area contributed by atoms with Gasteiger partial charge in [-0.3, -0.25) is 0 Å². The van der Waals surface area contributed by atoms with E-state index in [1.807, 2.05) is 12.1 Å². The van der Waals surface area contributed by atoms with E-state index in [2.05, 4.69) is 45.9 Å². The highest BCUT2D eigenvalue weighted by molar-refractivity contribution is 5.89. The molecule has 0 saturated heterocycles. The molecule has 1 aliphatic carbocycles. The smallest absolute Gasteiger partial charge is 0.337 e. The van der Waals surface area contributed by atoms with E-state index in [-0.39, 0.29) is 16.7 Å². The van der Waals surface area contributed by atoms with Gasteiger partial charge in [0.15, 0.2) is 6.10 Å². The van der Waals surface area contributed by atoms with Crippen LogP contribution in [0.4, 0.5) is 0 Å². The number of benzene rings is 2. The first-order valence-corrected chi connectivity index (χ1v) is 11.5. The largest absolute Gasteiger partial charge is 0.467 e. The molecular weight excluding hydrogens is 416 g/mol. The average Bonchev–Trinajstić information content (AvgIpc) is 2.81. The van der Waals surface area contributed by atoms with E-state index in [0.29, 0.717) is 12.0 Å². The molecular formula is C28H36O5. The summed E-state index contributed by atoms with van der Waals surface area (Å²) in [6.07, 6.45) is 2.14. The molecule has 2 atom stereocenters. The molecule has 0 radical (unpaired) electrons. The summed E-state index contributed by atoms with van der Waals surface area (Å²) in [4.78, 5) is 24.4. The molecule has 0 fully saturated rings. The van der Waals surface area contributed by atoms with Crippen LogP contribution in [0.5, 0.6) is 0 Å². The van der Waals surface area contributed by atoms with Gasteiger partial charge >= 0.3 is 11.9 Å². The van der Waals surface area contributed by atoms with Crippen molar-refractivity contribution < 1.29 is 23.8 Å². The molecule has 5 heteroatoms. The van der Waals surface area contributed by atoms with Crippen molar-refractivity contribution in [2.75, 3.05) is 21.3 Å². The van der Waals surface area contributed by atoms with E-state index in [1.54, 1.807) is 12.1 Å². The summed E-state index contributed by atoms with van der Waals surface area (Å²) in [6.45, 7) is 9.23. The number of methoxy groups -OCH3 is 3. The van der Waals surface area contributed by atoms with Crippen molar-refractivity contribution in [1.82, 2.24) is 0 Å². The predicted molar refractivity (Wildman–Crippen MR) is 129 cm³/mol. The maximum Gasteiger partial charge on any atom is 0.337 e. The zero-order valence-corrected chi connectivity index (χ0v) is 20.9. The van der Waals surface area contributed by atoms with Crippen LogP contribution in [0, 0.1) is 0 Å². The number of fused-ring (bicyclic) bond motifs is 1. The second-order valence-electron chi connectivity index (χ2n) is 10.3. The first-order chi connectivity index (χ1) is 15.5. The molecule has 2 aromatic carbocycles. The van der Waals surface area contributed by atoms with Crippen molar-refractivity contribution >= 4 is 11.9 Å². The highest BCUT2D eigenvalue weighted by atomic mass is 16.6. The number of esters is 2. The topological polar surface area (TPSA) is 61.8 Å². The molecule has 0 N–H and O–H groups in total. The monoisotopic (exact) mass is 452 g/mol. The van der Waals surface area contributed by atoms with E-state index in [9.17, 15) is 9.59 Å². The van der Waals surface area contributed by atoms with E-state index in [1.165, 1.54) is 32.5 Å². The van der Waals surface area contributed by atoms with Crippen molar-refractivity contribution in [1.29, 1.82) is 0 Å². The number of rotatable bonds is 7. The van der Waals surface area contributed by atoms with Crippen LogP contribution in [-0.4, -0.2) is 39.4 Å². The zero-order chi connectivity index (χ0) is 24.4. The van der Waals surface area contributed by atoms with Crippen molar-refractivity contribution in [2.24, 2.45) is 0 Å². The maximum absolute atomic E-state index is 12.6. The lowest BCUT2D eigenvalue weighted by molar-refractivity contribution is -0.153. The van der Waals surface area contributed by atoms with E-state index < -0.39 is 18.0 Å². The lowest BCUT2D eigenvalue weighted by Gasteiger charge is -2.42. The summed E-state index contributed by atoms with van der Waals surface area (Å²) in [6, 6.07) is 13.9. The van der Waals surface area contributed by atoms with Crippen LogP contribution in [0.2, 0.25) is 0 Å². The van der Waals surface area contributed by atoms with Crippen LogP contribution in [-0.2, 0) is 36.3 Å². The Morgan fingerprint density at radius 1 is 0.848 bits per heavy atom. The van der Waals surface area contributed by atoms with Gasteiger partial charge in [0.2, 0.25) is 0 Å². The Bertz CT molecular complexity index is 1000. The lowest BCUT2D eigenvalue weighted by Crippen LogP contribution is -2.34. The van der Waals surface area contributed by atoms with Crippen molar-refractivity contribution in [3.63, 3.8) is 0 Å². The molecule has 0 aromatic heterocycles. The molecule has 5 nitrogen and oxygen atoms in total. The minimum Gasteiger partial charge on any atom is -0.467 e. The summed E-state index contributed by atoms with van der Waals surface area (Å²) in [5, 5.41) is 0. The summed E-state index contributed by atoms with van der Waals surface area (Å²) in [7, 11) is 4.25. The number of carbonyl (C=O) groups excluding carboxylic acids is 2. The predicted octanol–water partition coefficient (Wildman–Crippen LogP) is 5.34. The second kappa shape index (κ2) is 9.68. The molecule has 3 rings (SSSR count). The second-order valence-corrected chi connectivity index (χ2v) is 10.3. The summed E-state index contributed by atoms with van der Waals surface area (Å²) in [5.41, 5.74) is 5.53. The van der Waals surface area contributed by atoms with Gasteiger partial charge in [-0.25, -0.2) is 9.59 Å². The van der Waals surface area contributed by atoms with E-state index >= 15 is 0 Å². The molecule has 2 unspecified atom stereocenters.